The maximum absolute atomic E-state index is 11.8. The number of ether oxygens (including phenoxy) is 1. The second-order valence-corrected chi connectivity index (χ2v) is 5.32. The number of amides is 3. The van der Waals surface area contributed by atoms with Gasteiger partial charge in [0.1, 0.15) is 0 Å². The van der Waals surface area contributed by atoms with E-state index in [1.807, 2.05) is 6.92 Å². The first-order valence-corrected chi connectivity index (χ1v) is 7.65. The average molecular weight is 300 g/mol. The van der Waals surface area contributed by atoms with Crippen molar-refractivity contribution >= 4 is 11.9 Å². The number of carbonyl (C=O) groups excluding carboxylic acids is 2. The Morgan fingerprint density at radius 3 is 2.67 bits per heavy atom. The smallest absolute Gasteiger partial charge is 0.321 e. The van der Waals surface area contributed by atoms with Crippen LogP contribution in [0.5, 0.6) is 0 Å². The van der Waals surface area contributed by atoms with Gasteiger partial charge in [-0.15, -0.1) is 0 Å². The van der Waals surface area contributed by atoms with E-state index in [0.29, 0.717) is 19.1 Å². The lowest BCUT2D eigenvalue weighted by Crippen LogP contribution is -2.46. The highest BCUT2D eigenvalue weighted by atomic mass is 16.5. The van der Waals surface area contributed by atoms with Crippen LogP contribution >= 0.6 is 0 Å². The number of nitrogens with zero attached hydrogens (tertiary/aromatic N) is 1. The van der Waals surface area contributed by atoms with Gasteiger partial charge in [0.25, 0.3) is 0 Å². The molecule has 7 heteroatoms. The van der Waals surface area contributed by atoms with Crippen molar-refractivity contribution < 1.29 is 14.3 Å². The Balaban J connectivity index is 2.24. The largest absolute Gasteiger partial charge is 0.383 e. The Morgan fingerprint density at radius 1 is 1.33 bits per heavy atom. The van der Waals surface area contributed by atoms with E-state index in [2.05, 4.69) is 20.9 Å². The number of piperidine rings is 1. The fraction of sp³-hybridized carbons (Fsp3) is 0.857. The molecule has 0 radical (unpaired) electrons. The van der Waals surface area contributed by atoms with Gasteiger partial charge in [-0.2, -0.15) is 0 Å². The summed E-state index contributed by atoms with van der Waals surface area (Å²) < 4.78 is 4.82. The zero-order valence-electron chi connectivity index (χ0n) is 13.1. The highest BCUT2D eigenvalue weighted by molar-refractivity contribution is 5.95. The summed E-state index contributed by atoms with van der Waals surface area (Å²) in [7, 11) is 1.56. The second-order valence-electron chi connectivity index (χ2n) is 5.32. The van der Waals surface area contributed by atoms with E-state index in [1.165, 1.54) is 0 Å². The Labute approximate surface area is 126 Å². The Bertz CT molecular complexity index is 319. The second kappa shape index (κ2) is 10.5. The molecular weight excluding hydrogens is 272 g/mol. The molecule has 1 aliphatic rings. The normalized spacial score (nSPS) is 16.0. The van der Waals surface area contributed by atoms with Gasteiger partial charge in [-0.3, -0.25) is 15.0 Å². The van der Waals surface area contributed by atoms with Crippen molar-refractivity contribution in [2.24, 2.45) is 5.92 Å². The molecule has 7 nitrogen and oxygen atoms in total. The molecule has 3 amide bonds. The maximum atomic E-state index is 11.8. The first-order valence-electron chi connectivity index (χ1n) is 7.65. The van der Waals surface area contributed by atoms with Gasteiger partial charge < -0.3 is 15.4 Å². The van der Waals surface area contributed by atoms with Crippen molar-refractivity contribution in [3.05, 3.63) is 0 Å². The van der Waals surface area contributed by atoms with Crippen LogP contribution in [0.3, 0.4) is 0 Å². The lowest BCUT2D eigenvalue weighted by molar-refractivity contribution is -0.121. The number of carbonyl (C=O) groups is 2. The predicted octanol–water partition coefficient (Wildman–Crippen LogP) is -0.220. The van der Waals surface area contributed by atoms with E-state index >= 15 is 0 Å². The molecule has 0 aromatic heterocycles. The van der Waals surface area contributed by atoms with Crippen LogP contribution in [0.15, 0.2) is 0 Å². The summed E-state index contributed by atoms with van der Waals surface area (Å²) >= 11 is 0. The number of hydrogen-bond donors (Lipinski definition) is 3. The molecule has 0 bridgehead atoms. The highest BCUT2D eigenvalue weighted by Gasteiger charge is 2.18. The molecule has 1 fully saturated rings. The molecule has 21 heavy (non-hydrogen) atoms. The van der Waals surface area contributed by atoms with Gasteiger partial charge in [0.15, 0.2) is 0 Å². The molecule has 0 aliphatic carbocycles. The first-order chi connectivity index (χ1) is 10.2. The van der Waals surface area contributed by atoms with Gasteiger partial charge in [0.05, 0.1) is 13.2 Å². The zero-order chi connectivity index (χ0) is 15.5. The third-order valence-corrected chi connectivity index (χ3v) is 3.63. The van der Waals surface area contributed by atoms with Gasteiger partial charge in [-0.05, 0) is 38.4 Å². The summed E-state index contributed by atoms with van der Waals surface area (Å²) in [4.78, 5) is 25.4. The van der Waals surface area contributed by atoms with Crippen LogP contribution in [0, 0.1) is 5.92 Å². The number of hydrogen-bond acceptors (Lipinski definition) is 5. The van der Waals surface area contributed by atoms with Crippen molar-refractivity contribution in [1.29, 1.82) is 0 Å². The van der Waals surface area contributed by atoms with E-state index in [-0.39, 0.29) is 12.5 Å². The molecule has 1 heterocycles. The molecule has 0 aromatic carbocycles. The number of urea groups is 1. The van der Waals surface area contributed by atoms with Gasteiger partial charge in [0.2, 0.25) is 5.91 Å². The van der Waals surface area contributed by atoms with Gasteiger partial charge in [0, 0.05) is 20.2 Å². The SMILES string of the molecule is CCN(CC(=O)NC(=O)NCCOC)CC1CCNCC1. The summed E-state index contributed by atoms with van der Waals surface area (Å²) in [5.41, 5.74) is 0. The molecular formula is C14H28N4O3. The lowest BCUT2D eigenvalue weighted by atomic mass is 9.97. The van der Waals surface area contributed by atoms with Gasteiger partial charge in [-0.25, -0.2) is 4.79 Å². The summed E-state index contributed by atoms with van der Waals surface area (Å²) in [5.74, 6) is 0.371. The molecule has 3 N–H and O–H groups in total. The highest BCUT2D eigenvalue weighted by Crippen LogP contribution is 2.13. The third kappa shape index (κ3) is 7.99. The molecule has 0 unspecified atom stereocenters. The van der Waals surface area contributed by atoms with Crippen molar-refractivity contribution in [2.45, 2.75) is 19.8 Å². The van der Waals surface area contributed by atoms with E-state index in [1.54, 1.807) is 7.11 Å². The van der Waals surface area contributed by atoms with Crippen LogP contribution < -0.4 is 16.0 Å². The third-order valence-electron chi connectivity index (χ3n) is 3.63. The van der Waals surface area contributed by atoms with Gasteiger partial charge in [-0.1, -0.05) is 6.92 Å². The average Bonchev–Trinajstić information content (AvgIpc) is 2.47. The van der Waals surface area contributed by atoms with Crippen molar-refractivity contribution in [2.75, 3.05) is 53.0 Å². The standard InChI is InChI=1S/C14H28N4O3/c1-3-18(10-12-4-6-15-7-5-12)11-13(19)17-14(20)16-8-9-21-2/h12,15H,3-11H2,1-2H3,(H2,16,17,19,20). The van der Waals surface area contributed by atoms with Gasteiger partial charge >= 0.3 is 6.03 Å². The Hall–Kier alpha value is -1.18. The van der Waals surface area contributed by atoms with Crippen molar-refractivity contribution in [3.8, 4) is 0 Å². The minimum absolute atomic E-state index is 0.262. The Kier molecular flexibility index (Phi) is 8.96. The van der Waals surface area contributed by atoms with Crippen LogP contribution in [0.1, 0.15) is 19.8 Å². The molecule has 122 valence electrons. The quantitative estimate of drug-likeness (QED) is 0.540. The van der Waals surface area contributed by atoms with Crippen LogP contribution in [-0.2, 0) is 9.53 Å². The first kappa shape index (κ1) is 17.9. The van der Waals surface area contributed by atoms with Crippen molar-refractivity contribution in [3.63, 3.8) is 0 Å². The molecule has 1 saturated heterocycles. The maximum Gasteiger partial charge on any atom is 0.321 e. The zero-order valence-corrected chi connectivity index (χ0v) is 13.1. The number of methoxy groups -OCH3 is 1. The fourth-order valence-corrected chi connectivity index (χ4v) is 2.41. The van der Waals surface area contributed by atoms with E-state index in [4.69, 9.17) is 4.74 Å². The lowest BCUT2D eigenvalue weighted by Gasteiger charge is -2.28. The van der Waals surface area contributed by atoms with Crippen LogP contribution in [0.4, 0.5) is 4.79 Å². The predicted molar refractivity (Wildman–Crippen MR) is 81.1 cm³/mol. The van der Waals surface area contributed by atoms with E-state index in [9.17, 15) is 9.59 Å². The minimum atomic E-state index is -0.463. The fourth-order valence-electron chi connectivity index (χ4n) is 2.41. The van der Waals surface area contributed by atoms with Crippen LogP contribution in [-0.4, -0.2) is 69.8 Å². The molecule has 0 aromatic rings. The number of imide groups is 1. The molecule has 0 saturated carbocycles. The van der Waals surface area contributed by atoms with Crippen molar-refractivity contribution in [1.82, 2.24) is 20.9 Å². The monoisotopic (exact) mass is 300 g/mol. The minimum Gasteiger partial charge on any atom is -0.383 e. The molecule has 0 spiro atoms. The number of likely N-dealkylation sites (N-methyl/N-ethyl adjacent to an activating group) is 1. The van der Waals surface area contributed by atoms with Crippen LogP contribution in [0.2, 0.25) is 0 Å². The van der Waals surface area contributed by atoms with Crippen LogP contribution in [0.25, 0.3) is 0 Å². The summed E-state index contributed by atoms with van der Waals surface area (Å²) in [6.45, 7) is 6.94. The van der Waals surface area contributed by atoms with E-state index < -0.39 is 6.03 Å². The Morgan fingerprint density at radius 2 is 2.05 bits per heavy atom. The number of rotatable bonds is 8. The summed E-state index contributed by atoms with van der Waals surface area (Å²) in [6, 6.07) is -0.463. The van der Waals surface area contributed by atoms with E-state index in [0.717, 1.165) is 39.0 Å². The molecule has 1 rings (SSSR count). The summed E-state index contributed by atoms with van der Waals surface area (Å²) in [5, 5.41) is 8.24. The molecule has 0 atom stereocenters. The number of nitrogens with one attached hydrogen (secondary N) is 3. The summed E-state index contributed by atoms with van der Waals surface area (Å²) in [6.07, 6.45) is 2.30. The molecule has 1 aliphatic heterocycles. The topological polar surface area (TPSA) is 82.7 Å².